The van der Waals surface area contributed by atoms with Crippen LogP contribution in [0.5, 0.6) is 5.75 Å². The van der Waals surface area contributed by atoms with Gasteiger partial charge in [-0.05, 0) is 38.6 Å². The van der Waals surface area contributed by atoms with Gasteiger partial charge < -0.3 is 10.1 Å². The second-order valence-electron chi connectivity index (χ2n) is 4.61. The average molecular weight is 233 g/mol. The highest BCUT2D eigenvalue weighted by molar-refractivity contribution is 5.77. The number of imidazole rings is 1. The molecule has 1 atom stereocenters. The Morgan fingerprint density at radius 3 is 3.00 bits per heavy atom. The van der Waals surface area contributed by atoms with Gasteiger partial charge in [0, 0.05) is 6.07 Å². The molecule has 90 valence electrons. The van der Waals surface area contributed by atoms with Gasteiger partial charge in [-0.1, -0.05) is 0 Å². The van der Waals surface area contributed by atoms with Crippen molar-refractivity contribution in [2.45, 2.75) is 19.0 Å². The van der Waals surface area contributed by atoms with Crippen LogP contribution in [0.1, 0.15) is 19.0 Å². The van der Waals surface area contributed by atoms with Gasteiger partial charge >= 0.3 is 5.69 Å². The van der Waals surface area contributed by atoms with E-state index in [0.717, 1.165) is 24.9 Å². The van der Waals surface area contributed by atoms with Crippen LogP contribution in [0.25, 0.3) is 11.0 Å². The van der Waals surface area contributed by atoms with Crippen molar-refractivity contribution in [2.75, 3.05) is 13.6 Å². The molecule has 0 bridgehead atoms. The van der Waals surface area contributed by atoms with Crippen LogP contribution in [-0.2, 0) is 0 Å². The third kappa shape index (κ3) is 1.54. The first kappa shape index (κ1) is 10.4. The molecule has 0 radical (unpaired) electrons. The average Bonchev–Trinajstić information content (AvgIpc) is 2.80. The molecule has 3 rings (SSSR count). The summed E-state index contributed by atoms with van der Waals surface area (Å²) in [6.45, 7) is 1.02. The Balaban J connectivity index is 2.22. The number of H-pyrrole nitrogens is 1. The maximum Gasteiger partial charge on any atom is 0.327 e. The molecular formula is C12H15N3O2. The van der Waals surface area contributed by atoms with Gasteiger partial charge in [0.05, 0.1) is 17.2 Å². The van der Waals surface area contributed by atoms with Crippen LogP contribution in [0.4, 0.5) is 0 Å². The Hall–Kier alpha value is -1.75. The summed E-state index contributed by atoms with van der Waals surface area (Å²) in [6, 6.07) is 4.98. The second-order valence-corrected chi connectivity index (χ2v) is 4.61. The number of fused-ring (bicyclic) bond motifs is 1. The smallest absolute Gasteiger partial charge is 0.327 e. The minimum atomic E-state index is -0.107. The van der Waals surface area contributed by atoms with Crippen LogP contribution in [0.15, 0.2) is 23.0 Å². The molecule has 2 N–H and O–H groups in total. The Labute approximate surface area is 98.3 Å². The molecule has 0 saturated carbocycles. The van der Waals surface area contributed by atoms with Crippen molar-refractivity contribution in [1.29, 1.82) is 0 Å². The molecule has 1 fully saturated rings. The standard InChI is InChI=1S/C12H15N3O2/c1-14-6-2-3-11(14)15-10-5-4-8(16)7-9(10)13-12(15)17/h4-5,7,11,16H,2-3,6H2,1H3,(H,13,17). The van der Waals surface area contributed by atoms with Crippen molar-refractivity contribution in [3.8, 4) is 5.75 Å². The van der Waals surface area contributed by atoms with Gasteiger partial charge in [0.15, 0.2) is 0 Å². The van der Waals surface area contributed by atoms with E-state index in [1.165, 1.54) is 0 Å². The number of aromatic hydroxyl groups is 1. The quantitative estimate of drug-likeness (QED) is 0.779. The largest absolute Gasteiger partial charge is 0.508 e. The summed E-state index contributed by atoms with van der Waals surface area (Å²) in [5.74, 6) is 0.172. The Kier molecular flexibility index (Phi) is 2.22. The minimum Gasteiger partial charge on any atom is -0.508 e. The predicted octanol–water partition coefficient (Wildman–Crippen LogP) is 1.26. The summed E-state index contributed by atoms with van der Waals surface area (Å²) in [5.41, 5.74) is 1.44. The summed E-state index contributed by atoms with van der Waals surface area (Å²) in [7, 11) is 2.03. The first-order valence-corrected chi connectivity index (χ1v) is 5.80. The van der Waals surface area contributed by atoms with Crippen LogP contribution >= 0.6 is 0 Å². The lowest BCUT2D eigenvalue weighted by Crippen LogP contribution is -2.30. The molecule has 1 aliphatic heterocycles. The summed E-state index contributed by atoms with van der Waals surface area (Å²) < 4.78 is 1.78. The van der Waals surface area contributed by atoms with Crippen LogP contribution in [0.2, 0.25) is 0 Å². The fourth-order valence-corrected chi connectivity index (χ4v) is 2.63. The number of likely N-dealkylation sites (tertiary alicyclic amines) is 1. The van der Waals surface area contributed by atoms with E-state index in [1.807, 2.05) is 7.05 Å². The van der Waals surface area contributed by atoms with Crippen LogP contribution in [0, 0.1) is 0 Å². The van der Waals surface area contributed by atoms with Crippen LogP contribution in [0.3, 0.4) is 0 Å². The molecule has 1 aromatic carbocycles. The van der Waals surface area contributed by atoms with Crippen molar-refractivity contribution in [1.82, 2.24) is 14.5 Å². The number of benzene rings is 1. The third-order valence-electron chi connectivity index (χ3n) is 3.48. The summed E-state index contributed by atoms with van der Waals surface area (Å²) in [5, 5.41) is 9.41. The number of aromatic nitrogens is 2. The van der Waals surface area contributed by atoms with Gasteiger partial charge in [0.2, 0.25) is 0 Å². The zero-order valence-electron chi connectivity index (χ0n) is 9.68. The molecule has 0 spiro atoms. The van der Waals surface area contributed by atoms with Crippen molar-refractivity contribution in [2.24, 2.45) is 0 Å². The lowest BCUT2D eigenvalue weighted by Gasteiger charge is -2.20. The lowest BCUT2D eigenvalue weighted by molar-refractivity contribution is 0.238. The summed E-state index contributed by atoms with van der Waals surface area (Å²) >= 11 is 0. The second kappa shape index (κ2) is 3.63. The molecule has 0 amide bonds. The number of rotatable bonds is 1. The Morgan fingerprint density at radius 1 is 1.47 bits per heavy atom. The van der Waals surface area contributed by atoms with Gasteiger partial charge in [0.1, 0.15) is 5.75 Å². The molecule has 1 saturated heterocycles. The number of aromatic amines is 1. The fourth-order valence-electron chi connectivity index (χ4n) is 2.63. The van der Waals surface area contributed by atoms with E-state index in [0.29, 0.717) is 5.52 Å². The maximum atomic E-state index is 12.0. The van der Waals surface area contributed by atoms with E-state index in [1.54, 1.807) is 22.8 Å². The number of phenolic OH excluding ortho intramolecular Hbond substituents is 1. The molecule has 1 unspecified atom stereocenters. The van der Waals surface area contributed by atoms with Crippen molar-refractivity contribution >= 4 is 11.0 Å². The van der Waals surface area contributed by atoms with Gasteiger partial charge in [-0.25, -0.2) is 4.79 Å². The number of hydrogen-bond acceptors (Lipinski definition) is 3. The van der Waals surface area contributed by atoms with E-state index in [4.69, 9.17) is 0 Å². The van der Waals surface area contributed by atoms with Gasteiger partial charge in [-0.15, -0.1) is 0 Å². The minimum absolute atomic E-state index is 0.107. The predicted molar refractivity (Wildman–Crippen MR) is 65.1 cm³/mol. The Bertz CT molecular complexity index is 614. The normalized spacial score (nSPS) is 21.4. The molecule has 1 aromatic heterocycles. The van der Waals surface area contributed by atoms with Crippen LogP contribution in [-0.4, -0.2) is 33.1 Å². The van der Waals surface area contributed by atoms with Gasteiger partial charge in [-0.3, -0.25) is 9.47 Å². The van der Waals surface area contributed by atoms with E-state index in [-0.39, 0.29) is 17.6 Å². The topological polar surface area (TPSA) is 61.3 Å². The van der Waals surface area contributed by atoms with Crippen molar-refractivity contribution in [3.05, 3.63) is 28.7 Å². The highest BCUT2D eigenvalue weighted by Crippen LogP contribution is 2.27. The molecule has 5 nitrogen and oxygen atoms in total. The SMILES string of the molecule is CN1CCCC1n1c(=O)[nH]c2cc(O)ccc21. The van der Waals surface area contributed by atoms with Gasteiger partial charge in [-0.2, -0.15) is 0 Å². The molecule has 17 heavy (non-hydrogen) atoms. The van der Waals surface area contributed by atoms with E-state index < -0.39 is 0 Å². The molecule has 2 aromatic rings. The number of phenols is 1. The molecular weight excluding hydrogens is 218 g/mol. The van der Waals surface area contributed by atoms with E-state index >= 15 is 0 Å². The highest BCUT2D eigenvalue weighted by atomic mass is 16.3. The zero-order chi connectivity index (χ0) is 12.0. The molecule has 2 heterocycles. The summed E-state index contributed by atoms with van der Waals surface area (Å²) in [4.78, 5) is 16.9. The lowest BCUT2D eigenvalue weighted by atomic mass is 10.2. The fraction of sp³-hybridized carbons (Fsp3) is 0.417. The highest BCUT2D eigenvalue weighted by Gasteiger charge is 2.25. The third-order valence-corrected chi connectivity index (χ3v) is 3.48. The monoisotopic (exact) mass is 233 g/mol. The number of nitrogens with zero attached hydrogens (tertiary/aromatic N) is 2. The van der Waals surface area contributed by atoms with E-state index in [9.17, 15) is 9.90 Å². The van der Waals surface area contributed by atoms with Crippen molar-refractivity contribution in [3.63, 3.8) is 0 Å². The van der Waals surface area contributed by atoms with E-state index in [2.05, 4.69) is 9.88 Å². The number of hydrogen-bond donors (Lipinski definition) is 2. The van der Waals surface area contributed by atoms with Crippen LogP contribution < -0.4 is 5.69 Å². The molecule has 0 aliphatic carbocycles. The number of nitrogens with one attached hydrogen (secondary N) is 1. The van der Waals surface area contributed by atoms with Crippen molar-refractivity contribution < 1.29 is 5.11 Å². The first-order valence-electron chi connectivity index (χ1n) is 5.80. The Morgan fingerprint density at radius 2 is 2.29 bits per heavy atom. The molecule has 1 aliphatic rings. The maximum absolute atomic E-state index is 12.0. The van der Waals surface area contributed by atoms with Gasteiger partial charge in [0.25, 0.3) is 0 Å². The molecule has 5 heteroatoms. The first-order chi connectivity index (χ1) is 8.16. The summed E-state index contributed by atoms with van der Waals surface area (Å²) in [6.07, 6.45) is 2.23. The zero-order valence-corrected chi connectivity index (χ0v) is 9.68.